The van der Waals surface area contributed by atoms with Gasteiger partial charge in [0.15, 0.2) is 0 Å². The lowest BCUT2D eigenvalue weighted by Crippen LogP contribution is -2.05. The van der Waals surface area contributed by atoms with Crippen molar-refractivity contribution >= 4 is 0 Å². The third-order valence-corrected chi connectivity index (χ3v) is 0.834. The molecule has 0 radical (unpaired) electrons. The summed E-state index contributed by atoms with van der Waals surface area (Å²) in [4.78, 5) is 13.6. The summed E-state index contributed by atoms with van der Waals surface area (Å²) in [5, 5.41) is 8.77. The van der Waals surface area contributed by atoms with Gasteiger partial charge in [-0.15, -0.1) is 10.1 Å². The van der Waals surface area contributed by atoms with Crippen LogP contribution in [0.1, 0.15) is 13.3 Å². The minimum absolute atomic E-state index is 0.118. The third kappa shape index (κ3) is 7.16. The molecule has 0 aliphatic rings. The Hall–Kier alpha value is -0.840. The van der Waals surface area contributed by atoms with Gasteiger partial charge < -0.3 is 9.57 Å². The van der Waals surface area contributed by atoms with E-state index in [-0.39, 0.29) is 6.61 Å². The van der Waals surface area contributed by atoms with Crippen LogP contribution in [0.15, 0.2) is 0 Å². The normalized spacial score (nSPS) is 9.30. The van der Waals surface area contributed by atoms with Crippen molar-refractivity contribution in [1.82, 2.24) is 0 Å². The standard InChI is InChI=1S/C5H11NO4/c1-2-9-4-3-5-10-6(7)8/h2-5H2,1H3. The van der Waals surface area contributed by atoms with Crippen LogP contribution < -0.4 is 0 Å². The largest absolute Gasteiger partial charge is 0.382 e. The Kier molecular flexibility index (Phi) is 5.75. The summed E-state index contributed by atoms with van der Waals surface area (Å²) in [5.74, 6) is 0. The van der Waals surface area contributed by atoms with Gasteiger partial charge in [0, 0.05) is 13.2 Å². The monoisotopic (exact) mass is 149 g/mol. The molecule has 0 atom stereocenters. The first kappa shape index (κ1) is 9.16. The van der Waals surface area contributed by atoms with Gasteiger partial charge in [-0.05, 0) is 13.3 Å². The van der Waals surface area contributed by atoms with Crippen molar-refractivity contribution < 1.29 is 14.7 Å². The van der Waals surface area contributed by atoms with E-state index in [2.05, 4.69) is 4.84 Å². The van der Waals surface area contributed by atoms with E-state index >= 15 is 0 Å². The molecule has 0 fully saturated rings. The lowest BCUT2D eigenvalue weighted by molar-refractivity contribution is -0.757. The first-order chi connectivity index (χ1) is 4.77. The second-order valence-corrected chi connectivity index (χ2v) is 1.61. The predicted molar refractivity (Wildman–Crippen MR) is 34.1 cm³/mol. The molecule has 0 aromatic rings. The Morgan fingerprint density at radius 3 is 2.70 bits per heavy atom. The Labute approximate surface area is 59.0 Å². The number of ether oxygens (including phenoxy) is 1. The maximum Gasteiger partial charge on any atom is 0.294 e. The summed E-state index contributed by atoms with van der Waals surface area (Å²) in [6, 6.07) is 0. The van der Waals surface area contributed by atoms with E-state index < -0.39 is 5.09 Å². The van der Waals surface area contributed by atoms with E-state index in [1.54, 1.807) is 0 Å². The molecule has 10 heavy (non-hydrogen) atoms. The first-order valence-electron chi connectivity index (χ1n) is 3.12. The highest BCUT2D eigenvalue weighted by Gasteiger charge is 1.92. The fourth-order valence-electron chi connectivity index (χ4n) is 0.444. The van der Waals surface area contributed by atoms with Crippen molar-refractivity contribution in [3.05, 3.63) is 10.1 Å². The second-order valence-electron chi connectivity index (χ2n) is 1.61. The quantitative estimate of drug-likeness (QED) is 0.315. The van der Waals surface area contributed by atoms with Crippen LogP contribution >= 0.6 is 0 Å². The van der Waals surface area contributed by atoms with E-state index in [0.717, 1.165) is 0 Å². The van der Waals surface area contributed by atoms with Gasteiger partial charge in [-0.1, -0.05) is 0 Å². The lowest BCUT2D eigenvalue weighted by atomic mass is 10.5. The van der Waals surface area contributed by atoms with Gasteiger partial charge >= 0.3 is 0 Å². The Bertz CT molecular complexity index is 95.6. The van der Waals surface area contributed by atoms with Crippen molar-refractivity contribution in [2.24, 2.45) is 0 Å². The van der Waals surface area contributed by atoms with Crippen molar-refractivity contribution in [2.75, 3.05) is 19.8 Å². The molecule has 0 heterocycles. The summed E-state index contributed by atoms with van der Waals surface area (Å²) in [6.45, 7) is 3.14. The molecule has 5 nitrogen and oxygen atoms in total. The van der Waals surface area contributed by atoms with Crippen LogP contribution in [0, 0.1) is 10.1 Å². The van der Waals surface area contributed by atoms with Crippen LogP contribution in [-0.4, -0.2) is 24.9 Å². The average Bonchev–Trinajstić information content (AvgIpc) is 1.87. The third-order valence-electron chi connectivity index (χ3n) is 0.834. The van der Waals surface area contributed by atoms with Crippen LogP contribution in [0.25, 0.3) is 0 Å². The molecule has 0 spiro atoms. The molecule has 60 valence electrons. The SMILES string of the molecule is CCOCCCO[N+](=O)[O-]. The molecule has 0 aliphatic carbocycles. The topological polar surface area (TPSA) is 61.6 Å². The molecular weight excluding hydrogens is 138 g/mol. The molecule has 0 aliphatic heterocycles. The predicted octanol–water partition coefficient (Wildman–Crippen LogP) is 0.621. The van der Waals surface area contributed by atoms with Crippen molar-refractivity contribution in [2.45, 2.75) is 13.3 Å². The van der Waals surface area contributed by atoms with Gasteiger partial charge in [0.1, 0.15) is 0 Å². The summed E-state index contributed by atoms with van der Waals surface area (Å²) in [6.07, 6.45) is 0.564. The van der Waals surface area contributed by atoms with E-state index in [9.17, 15) is 10.1 Å². The molecule has 0 amide bonds. The molecule has 0 rings (SSSR count). The highest BCUT2D eigenvalue weighted by atomic mass is 16.9. The zero-order valence-electron chi connectivity index (χ0n) is 5.91. The van der Waals surface area contributed by atoms with E-state index in [1.165, 1.54) is 0 Å². The van der Waals surface area contributed by atoms with Gasteiger partial charge in [0.25, 0.3) is 5.09 Å². The lowest BCUT2D eigenvalue weighted by Gasteiger charge is -1.98. The zero-order chi connectivity index (χ0) is 7.82. The maximum atomic E-state index is 9.57. The van der Waals surface area contributed by atoms with Gasteiger partial charge in [-0.2, -0.15) is 0 Å². The van der Waals surface area contributed by atoms with Crippen LogP contribution in [0.2, 0.25) is 0 Å². The smallest absolute Gasteiger partial charge is 0.294 e. The van der Waals surface area contributed by atoms with E-state index in [0.29, 0.717) is 19.6 Å². The molecule has 0 unspecified atom stereocenters. The summed E-state index contributed by atoms with van der Waals surface area (Å²) in [5.41, 5.74) is 0. The molecule has 0 N–H and O–H groups in total. The van der Waals surface area contributed by atoms with Crippen molar-refractivity contribution in [1.29, 1.82) is 0 Å². The highest BCUT2D eigenvalue weighted by molar-refractivity contribution is 4.29. The van der Waals surface area contributed by atoms with Gasteiger partial charge in [0.05, 0.1) is 6.61 Å². The summed E-state index contributed by atoms with van der Waals surface area (Å²) < 4.78 is 4.91. The molecular formula is C5H11NO4. The van der Waals surface area contributed by atoms with Crippen LogP contribution in [0.3, 0.4) is 0 Å². The van der Waals surface area contributed by atoms with E-state index in [4.69, 9.17) is 4.74 Å². The Balaban J connectivity index is 2.84. The van der Waals surface area contributed by atoms with Crippen LogP contribution in [0.4, 0.5) is 0 Å². The Morgan fingerprint density at radius 1 is 1.50 bits per heavy atom. The first-order valence-corrected chi connectivity index (χ1v) is 3.12. The molecule has 0 bridgehead atoms. The molecule has 0 saturated carbocycles. The number of nitrogens with zero attached hydrogens (tertiary/aromatic N) is 1. The Morgan fingerprint density at radius 2 is 2.20 bits per heavy atom. The zero-order valence-corrected chi connectivity index (χ0v) is 5.91. The van der Waals surface area contributed by atoms with Gasteiger partial charge in [-0.3, -0.25) is 0 Å². The minimum Gasteiger partial charge on any atom is -0.382 e. The fraction of sp³-hybridized carbons (Fsp3) is 1.00. The molecule has 0 saturated heterocycles. The van der Waals surface area contributed by atoms with Crippen molar-refractivity contribution in [3.63, 3.8) is 0 Å². The molecule has 0 aromatic heterocycles. The molecule has 5 heteroatoms. The summed E-state index contributed by atoms with van der Waals surface area (Å²) in [7, 11) is 0. The maximum absolute atomic E-state index is 9.57. The van der Waals surface area contributed by atoms with Gasteiger partial charge in [-0.25, -0.2) is 0 Å². The number of hydrogen-bond acceptors (Lipinski definition) is 4. The van der Waals surface area contributed by atoms with Gasteiger partial charge in [0.2, 0.25) is 0 Å². The van der Waals surface area contributed by atoms with Crippen LogP contribution in [-0.2, 0) is 9.57 Å². The van der Waals surface area contributed by atoms with Crippen LogP contribution in [0.5, 0.6) is 0 Å². The molecule has 0 aromatic carbocycles. The minimum atomic E-state index is -0.800. The van der Waals surface area contributed by atoms with Crippen molar-refractivity contribution in [3.8, 4) is 0 Å². The average molecular weight is 149 g/mol. The fourth-order valence-corrected chi connectivity index (χ4v) is 0.444. The highest BCUT2D eigenvalue weighted by Crippen LogP contribution is 1.84. The second kappa shape index (κ2) is 6.28. The number of hydrogen-bond donors (Lipinski definition) is 0. The van der Waals surface area contributed by atoms with E-state index in [1.807, 2.05) is 6.92 Å². The summed E-state index contributed by atoms with van der Waals surface area (Å²) >= 11 is 0. The number of rotatable bonds is 6.